The molecule has 8 bridgehead atoms. The highest BCUT2D eigenvalue weighted by atomic mass is 32.1. The Morgan fingerprint density at radius 2 is 1.88 bits per heavy atom. The first-order valence-electron chi connectivity index (χ1n) is 10.8. The summed E-state index contributed by atoms with van der Waals surface area (Å²) in [5.41, 5.74) is 6.22. The summed E-state index contributed by atoms with van der Waals surface area (Å²) in [6, 6.07) is 15.1. The van der Waals surface area contributed by atoms with Crippen LogP contribution in [-0.4, -0.2) is 34.7 Å². The lowest BCUT2D eigenvalue weighted by atomic mass is 10.2. The molecule has 0 fully saturated rings. The van der Waals surface area contributed by atoms with Crippen molar-refractivity contribution < 1.29 is 0 Å². The summed E-state index contributed by atoms with van der Waals surface area (Å²) in [6.07, 6.45) is 5.61. The van der Waals surface area contributed by atoms with Gasteiger partial charge >= 0.3 is 0 Å². The SMILES string of the molecule is CC(C)n1c2cncc(c2)c2cc3c(cn2)[nH]nc3c2nc3c(cccc3c3ccc1s3)[nH]2. The van der Waals surface area contributed by atoms with Crippen molar-refractivity contribution in [3.05, 3.63) is 61.1 Å². The van der Waals surface area contributed by atoms with E-state index < -0.39 is 0 Å². The first kappa shape index (κ1) is 18.5. The Hall–Kier alpha value is -4.04. The average molecular weight is 450 g/mol. The average Bonchev–Trinajstić information content (AvgIpc) is 3.55. The number of H-pyrrole nitrogens is 2. The van der Waals surface area contributed by atoms with Crippen molar-refractivity contribution in [2.45, 2.75) is 19.9 Å². The number of pyridine rings is 2. The van der Waals surface area contributed by atoms with Gasteiger partial charge in [0.15, 0.2) is 5.65 Å². The summed E-state index contributed by atoms with van der Waals surface area (Å²) in [6.45, 7) is 4.39. The molecule has 33 heavy (non-hydrogen) atoms. The molecule has 0 saturated heterocycles. The predicted octanol–water partition coefficient (Wildman–Crippen LogP) is 6.41. The van der Waals surface area contributed by atoms with Crippen LogP contribution in [0.3, 0.4) is 0 Å². The molecule has 7 nitrogen and oxygen atoms in total. The summed E-state index contributed by atoms with van der Waals surface area (Å²) >= 11 is 1.76. The van der Waals surface area contributed by atoms with Crippen LogP contribution in [-0.2, 0) is 0 Å². The van der Waals surface area contributed by atoms with Crippen LogP contribution in [0.25, 0.3) is 64.4 Å². The molecule has 0 aliphatic rings. The maximum absolute atomic E-state index is 4.99. The molecule has 2 N–H and O–H groups in total. The molecular weight excluding hydrogens is 430 g/mol. The Bertz CT molecular complexity index is 1920. The summed E-state index contributed by atoms with van der Waals surface area (Å²) < 4.78 is 3.50. The van der Waals surface area contributed by atoms with Crippen molar-refractivity contribution in [2.24, 2.45) is 0 Å². The third-order valence-electron chi connectivity index (χ3n) is 6.09. The van der Waals surface area contributed by atoms with Gasteiger partial charge in [0.2, 0.25) is 0 Å². The highest BCUT2D eigenvalue weighted by Gasteiger charge is 2.11. The summed E-state index contributed by atoms with van der Waals surface area (Å²) in [4.78, 5) is 18.9. The molecule has 6 aromatic heterocycles. The van der Waals surface area contributed by atoms with Crippen LogP contribution in [0.2, 0.25) is 0 Å². The second-order valence-corrected chi connectivity index (χ2v) is 9.57. The minimum atomic E-state index is 0.257. The molecule has 7 aromatic rings. The minimum Gasteiger partial charge on any atom is -0.337 e. The molecule has 0 unspecified atom stereocenters. The second kappa shape index (κ2) is 6.73. The molecule has 0 aliphatic heterocycles. The van der Waals surface area contributed by atoms with Gasteiger partial charge in [0.05, 0.1) is 44.8 Å². The molecule has 1 aromatic carbocycles. The monoisotopic (exact) mass is 449 g/mol. The van der Waals surface area contributed by atoms with Gasteiger partial charge in [-0.05, 0) is 44.2 Å². The van der Waals surface area contributed by atoms with Gasteiger partial charge in [0.1, 0.15) is 5.52 Å². The van der Waals surface area contributed by atoms with E-state index in [0.29, 0.717) is 0 Å². The Morgan fingerprint density at radius 3 is 2.79 bits per heavy atom. The number of fused-ring (bicyclic) bond motifs is 9. The number of hydrogen-bond donors (Lipinski definition) is 2. The minimum absolute atomic E-state index is 0.257. The summed E-state index contributed by atoms with van der Waals surface area (Å²) in [5.74, 6) is 0. The fourth-order valence-electron chi connectivity index (χ4n) is 4.58. The van der Waals surface area contributed by atoms with E-state index >= 15 is 0 Å². The molecule has 6 heterocycles. The van der Waals surface area contributed by atoms with E-state index in [1.807, 2.05) is 18.6 Å². The zero-order valence-electron chi connectivity index (χ0n) is 18.0. The summed E-state index contributed by atoms with van der Waals surface area (Å²) in [5, 5.41) is 10.7. The van der Waals surface area contributed by atoms with Gasteiger partial charge in [0, 0.05) is 33.1 Å². The highest BCUT2D eigenvalue weighted by Crippen LogP contribution is 2.31. The first-order chi connectivity index (χ1) is 16.2. The number of para-hydroxylation sites is 1. The van der Waals surface area contributed by atoms with Gasteiger partial charge in [-0.3, -0.25) is 15.1 Å². The zero-order chi connectivity index (χ0) is 22.1. The number of nitrogens with one attached hydrogen (secondary N) is 2. The largest absolute Gasteiger partial charge is 0.337 e. The lowest BCUT2D eigenvalue weighted by Gasteiger charge is -2.12. The van der Waals surface area contributed by atoms with Gasteiger partial charge in [0.25, 0.3) is 0 Å². The second-order valence-electron chi connectivity index (χ2n) is 8.51. The molecule has 0 saturated carbocycles. The molecule has 7 rings (SSSR count). The molecule has 0 aliphatic carbocycles. The molecule has 0 radical (unpaired) electrons. The van der Waals surface area contributed by atoms with E-state index in [1.165, 1.54) is 4.70 Å². The molecule has 0 atom stereocenters. The van der Waals surface area contributed by atoms with Gasteiger partial charge in [-0.1, -0.05) is 12.1 Å². The van der Waals surface area contributed by atoms with E-state index in [0.717, 1.165) is 59.7 Å². The molecule has 8 heteroatoms. The number of thiophene rings is 1. The van der Waals surface area contributed by atoms with Gasteiger partial charge in [-0.15, -0.1) is 11.3 Å². The van der Waals surface area contributed by atoms with Crippen molar-refractivity contribution in [1.29, 1.82) is 0 Å². The van der Waals surface area contributed by atoms with Crippen LogP contribution in [0.1, 0.15) is 19.9 Å². The number of benzene rings is 1. The first-order valence-corrected chi connectivity index (χ1v) is 11.7. The number of rotatable bonds is 1. The van der Waals surface area contributed by atoms with Crippen LogP contribution in [0.4, 0.5) is 0 Å². The van der Waals surface area contributed by atoms with Gasteiger partial charge < -0.3 is 9.55 Å². The topological polar surface area (TPSA) is 88.1 Å². The van der Waals surface area contributed by atoms with Crippen LogP contribution in [0, 0.1) is 0 Å². The number of aromatic amines is 2. The normalized spacial score (nSPS) is 12.2. The fourth-order valence-corrected chi connectivity index (χ4v) is 5.77. The Morgan fingerprint density at radius 1 is 0.939 bits per heavy atom. The predicted molar refractivity (Wildman–Crippen MR) is 135 cm³/mol. The van der Waals surface area contributed by atoms with Gasteiger partial charge in [-0.2, -0.15) is 5.10 Å². The maximum atomic E-state index is 4.99. The van der Waals surface area contributed by atoms with Crippen LogP contribution >= 0.6 is 11.3 Å². The number of imidazole rings is 1. The Balaban J connectivity index is 1.80. The smallest absolute Gasteiger partial charge is 0.159 e. The standard InChI is InChI=1S/C25H19N7S/c1-13(2)32-15-8-14(10-26-11-15)19-9-17-20(12-27-19)30-31-24(17)25-28-18-5-3-4-16(23(18)29-25)21-6-7-22(32)33-21/h3-13H,1-2H3,(H,28,29)(H,30,31). The van der Waals surface area contributed by atoms with Crippen molar-refractivity contribution in [1.82, 2.24) is 34.7 Å². The van der Waals surface area contributed by atoms with E-state index in [-0.39, 0.29) is 6.04 Å². The quantitative estimate of drug-likeness (QED) is 0.303. The maximum Gasteiger partial charge on any atom is 0.159 e. The van der Waals surface area contributed by atoms with Crippen molar-refractivity contribution >= 4 is 75.8 Å². The van der Waals surface area contributed by atoms with E-state index in [4.69, 9.17) is 4.98 Å². The molecule has 0 amide bonds. The van der Waals surface area contributed by atoms with E-state index in [2.05, 4.69) is 86.0 Å². The Labute approximate surface area is 191 Å². The molecule has 0 spiro atoms. The van der Waals surface area contributed by atoms with E-state index in [9.17, 15) is 0 Å². The summed E-state index contributed by atoms with van der Waals surface area (Å²) in [7, 11) is 0. The van der Waals surface area contributed by atoms with Crippen LogP contribution in [0.5, 0.6) is 0 Å². The lowest BCUT2D eigenvalue weighted by molar-refractivity contribution is 0.640. The molecular formula is C25H19N7S. The third-order valence-corrected chi connectivity index (χ3v) is 7.21. The Kier molecular flexibility index (Phi) is 3.78. The van der Waals surface area contributed by atoms with Gasteiger partial charge in [-0.25, -0.2) is 4.98 Å². The van der Waals surface area contributed by atoms with Crippen molar-refractivity contribution in [3.63, 3.8) is 0 Å². The lowest BCUT2D eigenvalue weighted by Crippen LogP contribution is -2.01. The van der Waals surface area contributed by atoms with Crippen LogP contribution < -0.4 is 0 Å². The van der Waals surface area contributed by atoms with Crippen molar-refractivity contribution in [3.8, 4) is 0 Å². The highest BCUT2D eigenvalue weighted by molar-refractivity contribution is 7.23. The van der Waals surface area contributed by atoms with Crippen LogP contribution in [0.15, 0.2) is 61.1 Å². The van der Waals surface area contributed by atoms with Crippen molar-refractivity contribution in [2.75, 3.05) is 0 Å². The number of hydrogen-bond acceptors (Lipinski definition) is 5. The van der Waals surface area contributed by atoms with E-state index in [1.54, 1.807) is 11.3 Å². The number of nitrogens with zero attached hydrogens (tertiary/aromatic N) is 5. The number of aromatic nitrogens is 7. The zero-order valence-corrected chi connectivity index (χ0v) is 18.8. The molecule has 160 valence electrons. The third kappa shape index (κ3) is 2.74. The fraction of sp³-hybridized carbons (Fsp3) is 0.120.